The minimum Gasteiger partial charge on any atom is -0.462 e. The normalized spacial score (nSPS) is 15.9. The van der Waals surface area contributed by atoms with Gasteiger partial charge in [0.15, 0.2) is 0 Å². The van der Waals surface area contributed by atoms with E-state index in [4.69, 9.17) is 4.74 Å². The predicted octanol–water partition coefficient (Wildman–Crippen LogP) is 4.27. The maximum atomic E-state index is 12.7. The zero-order chi connectivity index (χ0) is 22.1. The molecule has 1 saturated heterocycles. The summed E-state index contributed by atoms with van der Waals surface area (Å²) in [6.45, 7) is 3.98. The minimum absolute atomic E-state index is 0.117. The second kappa shape index (κ2) is 11.5. The van der Waals surface area contributed by atoms with Crippen molar-refractivity contribution in [2.45, 2.75) is 39.2 Å². The second-order valence-corrected chi connectivity index (χ2v) is 8.61. The van der Waals surface area contributed by atoms with E-state index in [2.05, 4.69) is 10.6 Å². The third-order valence-corrected chi connectivity index (χ3v) is 6.07. The van der Waals surface area contributed by atoms with Crippen LogP contribution in [-0.4, -0.2) is 42.5 Å². The van der Waals surface area contributed by atoms with Crippen molar-refractivity contribution in [2.75, 3.05) is 25.0 Å². The quantitative estimate of drug-likeness (QED) is 0.471. The molecule has 1 fully saturated rings. The van der Waals surface area contributed by atoms with Crippen molar-refractivity contribution >= 4 is 34.9 Å². The van der Waals surface area contributed by atoms with Crippen LogP contribution in [0.25, 0.3) is 0 Å². The topological polar surface area (TPSA) is 87.7 Å². The summed E-state index contributed by atoms with van der Waals surface area (Å²) in [4.78, 5) is 39.9. The molecule has 7 nitrogen and oxygen atoms in total. The van der Waals surface area contributed by atoms with Gasteiger partial charge in [-0.3, -0.25) is 4.79 Å². The summed E-state index contributed by atoms with van der Waals surface area (Å²) in [7, 11) is 0. The van der Waals surface area contributed by atoms with Gasteiger partial charge in [-0.2, -0.15) is 0 Å². The molecule has 0 radical (unpaired) electrons. The molecule has 0 saturated carbocycles. The fourth-order valence-corrected chi connectivity index (χ4v) is 4.03. The number of rotatable bonds is 8. The molecule has 1 unspecified atom stereocenters. The lowest BCUT2D eigenvalue weighted by Gasteiger charge is -2.32. The highest BCUT2D eigenvalue weighted by atomic mass is 32.1. The number of hydrogen-bond donors (Lipinski definition) is 2. The Hall–Kier alpha value is -2.87. The number of carbonyl (C=O) groups is 3. The Morgan fingerprint density at radius 3 is 2.71 bits per heavy atom. The molecule has 0 aliphatic carbocycles. The monoisotopic (exact) mass is 443 g/mol. The summed E-state index contributed by atoms with van der Waals surface area (Å²) in [6.07, 6.45) is 3.33. The molecule has 8 heteroatoms. The van der Waals surface area contributed by atoms with Crippen LogP contribution in [0.2, 0.25) is 0 Å². The van der Waals surface area contributed by atoms with Gasteiger partial charge in [0.1, 0.15) is 0 Å². The van der Waals surface area contributed by atoms with E-state index in [-0.39, 0.29) is 23.8 Å². The first-order valence-corrected chi connectivity index (χ1v) is 11.6. The van der Waals surface area contributed by atoms with Gasteiger partial charge in [-0.15, -0.1) is 11.3 Å². The molecule has 2 N–H and O–H groups in total. The van der Waals surface area contributed by atoms with Crippen LogP contribution < -0.4 is 10.6 Å². The highest BCUT2D eigenvalue weighted by Crippen LogP contribution is 2.20. The maximum absolute atomic E-state index is 12.7. The van der Waals surface area contributed by atoms with Crippen molar-refractivity contribution in [3.63, 3.8) is 0 Å². The molecule has 1 aliphatic rings. The Morgan fingerprint density at radius 1 is 1.19 bits per heavy atom. The van der Waals surface area contributed by atoms with Crippen LogP contribution in [0.5, 0.6) is 0 Å². The number of urea groups is 1. The van der Waals surface area contributed by atoms with Crippen LogP contribution in [0.1, 0.15) is 47.8 Å². The lowest BCUT2D eigenvalue weighted by molar-refractivity contribution is -0.121. The van der Waals surface area contributed by atoms with E-state index < -0.39 is 0 Å². The molecular weight excluding hydrogens is 414 g/mol. The first kappa shape index (κ1) is 22.8. The van der Waals surface area contributed by atoms with E-state index >= 15 is 0 Å². The molecule has 166 valence electrons. The lowest BCUT2D eigenvalue weighted by atomic mass is 9.97. The molecule has 31 heavy (non-hydrogen) atoms. The van der Waals surface area contributed by atoms with Crippen LogP contribution in [0, 0.1) is 5.92 Å². The number of carbonyl (C=O) groups excluding carboxylic acids is 3. The van der Waals surface area contributed by atoms with Crippen molar-refractivity contribution in [2.24, 2.45) is 5.92 Å². The number of nitrogens with zero attached hydrogens (tertiary/aromatic N) is 1. The molecule has 2 heterocycles. The van der Waals surface area contributed by atoms with E-state index in [1.165, 1.54) is 0 Å². The van der Waals surface area contributed by atoms with Gasteiger partial charge < -0.3 is 20.3 Å². The summed E-state index contributed by atoms with van der Waals surface area (Å²) in [5.74, 6) is -0.739. The molecule has 1 aliphatic heterocycles. The van der Waals surface area contributed by atoms with E-state index in [0.717, 1.165) is 30.6 Å². The second-order valence-electron chi connectivity index (χ2n) is 7.58. The van der Waals surface area contributed by atoms with Crippen LogP contribution in [0.3, 0.4) is 0 Å². The van der Waals surface area contributed by atoms with Gasteiger partial charge in [0.05, 0.1) is 24.6 Å². The van der Waals surface area contributed by atoms with Gasteiger partial charge >= 0.3 is 12.0 Å². The zero-order valence-corrected chi connectivity index (χ0v) is 18.6. The fraction of sp³-hybridized carbons (Fsp3) is 0.435. The first-order chi connectivity index (χ1) is 15.1. The zero-order valence-electron chi connectivity index (χ0n) is 17.8. The molecule has 0 spiro atoms. The number of anilines is 1. The van der Waals surface area contributed by atoms with Crippen molar-refractivity contribution < 1.29 is 19.1 Å². The number of likely N-dealkylation sites (tertiary alicyclic amines) is 1. The number of esters is 1. The van der Waals surface area contributed by atoms with Crippen molar-refractivity contribution in [1.29, 1.82) is 0 Å². The van der Waals surface area contributed by atoms with E-state index in [9.17, 15) is 14.4 Å². The highest BCUT2D eigenvalue weighted by Gasteiger charge is 2.28. The summed E-state index contributed by atoms with van der Waals surface area (Å²) in [6, 6.07) is 10.5. The van der Waals surface area contributed by atoms with Crippen LogP contribution in [0.4, 0.5) is 10.5 Å². The molecule has 1 aromatic carbocycles. The average Bonchev–Trinajstić information content (AvgIpc) is 3.32. The molecule has 1 aromatic heterocycles. The lowest BCUT2D eigenvalue weighted by Crippen LogP contribution is -2.47. The Balaban J connectivity index is 1.48. The summed E-state index contributed by atoms with van der Waals surface area (Å²) in [5.41, 5.74) is 1.08. The van der Waals surface area contributed by atoms with Gasteiger partial charge in [-0.25, -0.2) is 9.59 Å². The Labute approximate surface area is 186 Å². The summed E-state index contributed by atoms with van der Waals surface area (Å²) < 4.78 is 5.19. The molecular formula is C23H29N3O4S. The average molecular weight is 444 g/mol. The van der Waals surface area contributed by atoms with Gasteiger partial charge in [0.25, 0.3) is 0 Å². The largest absolute Gasteiger partial charge is 0.462 e. The molecule has 3 rings (SSSR count). The number of unbranched alkanes of at least 4 members (excludes halogenated alkanes) is 1. The molecule has 0 bridgehead atoms. The Morgan fingerprint density at radius 2 is 2.00 bits per heavy atom. The number of piperidine rings is 1. The van der Waals surface area contributed by atoms with Crippen molar-refractivity contribution in [1.82, 2.24) is 10.2 Å². The third kappa shape index (κ3) is 6.82. The maximum Gasteiger partial charge on any atom is 0.338 e. The number of benzene rings is 1. The van der Waals surface area contributed by atoms with Crippen molar-refractivity contribution in [3.8, 4) is 0 Å². The molecule has 2 aromatic rings. The van der Waals surface area contributed by atoms with E-state index in [0.29, 0.717) is 37.5 Å². The van der Waals surface area contributed by atoms with E-state index in [1.807, 2.05) is 24.4 Å². The highest BCUT2D eigenvalue weighted by molar-refractivity contribution is 7.09. The van der Waals surface area contributed by atoms with Crippen LogP contribution in [0.15, 0.2) is 41.8 Å². The van der Waals surface area contributed by atoms with E-state index in [1.54, 1.807) is 40.5 Å². The van der Waals surface area contributed by atoms with Crippen LogP contribution in [-0.2, 0) is 16.1 Å². The summed E-state index contributed by atoms with van der Waals surface area (Å²) in [5, 5.41) is 7.79. The fourth-order valence-electron chi connectivity index (χ4n) is 3.39. The number of hydrogen-bond acceptors (Lipinski definition) is 5. The van der Waals surface area contributed by atoms with Crippen molar-refractivity contribution in [3.05, 3.63) is 52.2 Å². The Bertz CT molecular complexity index is 867. The third-order valence-electron chi connectivity index (χ3n) is 5.19. The predicted molar refractivity (Wildman–Crippen MR) is 121 cm³/mol. The first-order valence-electron chi connectivity index (χ1n) is 10.7. The number of nitrogens with one attached hydrogen (secondary N) is 2. The van der Waals surface area contributed by atoms with Crippen LogP contribution >= 0.6 is 11.3 Å². The Kier molecular flexibility index (Phi) is 8.46. The van der Waals surface area contributed by atoms with Gasteiger partial charge in [0.2, 0.25) is 5.91 Å². The van der Waals surface area contributed by atoms with Gasteiger partial charge in [-0.05, 0) is 55.0 Å². The minimum atomic E-state index is -0.359. The molecule has 1 atom stereocenters. The number of ether oxygens (including phenoxy) is 1. The summed E-state index contributed by atoms with van der Waals surface area (Å²) >= 11 is 1.60. The SMILES string of the molecule is CCCCOC(=O)c1ccc(NC(=O)C2CCCN(C(=O)NCc3cccs3)C2)cc1. The number of amides is 3. The van der Waals surface area contributed by atoms with Gasteiger partial charge in [-0.1, -0.05) is 19.4 Å². The van der Waals surface area contributed by atoms with Gasteiger partial charge in [0, 0.05) is 23.7 Å². The number of thiophene rings is 1. The molecule has 3 amide bonds. The smallest absolute Gasteiger partial charge is 0.338 e. The standard InChI is InChI=1S/C23H29N3O4S/c1-2-3-13-30-22(28)17-8-10-19(11-9-17)25-21(27)18-6-4-12-26(16-18)23(29)24-15-20-7-5-14-31-20/h5,7-11,14,18H,2-4,6,12-13,15-16H2,1H3,(H,24,29)(H,25,27).